The average Bonchev–Trinajstić information content (AvgIpc) is 2.78. The van der Waals surface area contributed by atoms with E-state index in [1.54, 1.807) is 0 Å². The van der Waals surface area contributed by atoms with Gasteiger partial charge in [0.1, 0.15) is 0 Å². The van der Waals surface area contributed by atoms with E-state index in [0.29, 0.717) is 6.04 Å². The summed E-state index contributed by atoms with van der Waals surface area (Å²) in [4.78, 5) is 2.44. The minimum atomic E-state index is 0. The number of nitrogens with two attached hydrogens (primary N) is 1. The van der Waals surface area contributed by atoms with E-state index < -0.39 is 0 Å². The number of benzene rings is 1. The summed E-state index contributed by atoms with van der Waals surface area (Å²) >= 11 is 0. The number of hydrogen-bond donors (Lipinski definition) is 2. The standard InChI is InChI=1S/C13H21N3.2H2S/c1-15-12-7-8-16(9-12)10-13(14)11-5-3-2-4-6-11;;/h2-6,12-13,15H,7-10,14H2,1H3;2*1H2/t12-,13+;;/m0../s1. The molecule has 1 aromatic carbocycles. The lowest BCUT2D eigenvalue weighted by Crippen LogP contribution is -2.34. The van der Waals surface area contributed by atoms with Gasteiger partial charge < -0.3 is 11.1 Å². The van der Waals surface area contributed by atoms with Gasteiger partial charge in [0.05, 0.1) is 0 Å². The Bertz CT molecular complexity index is 321. The topological polar surface area (TPSA) is 41.3 Å². The van der Waals surface area contributed by atoms with E-state index in [1.807, 2.05) is 13.1 Å². The molecule has 0 amide bonds. The number of hydrogen-bond acceptors (Lipinski definition) is 3. The van der Waals surface area contributed by atoms with E-state index in [-0.39, 0.29) is 33.0 Å². The van der Waals surface area contributed by atoms with E-state index in [2.05, 4.69) is 34.5 Å². The van der Waals surface area contributed by atoms with Gasteiger partial charge in [0.15, 0.2) is 0 Å². The Morgan fingerprint density at radius 3 is 2.56 bits per heavy atom. The fourth-order valence-corrected chi connectivity index (χ4v) is 2.32. The Morgan fingerprint density at radius 2 is 2.00 bits per heavy atom. The maximum Gasteiger partial charge on any atom is 0.0424 e. The fourth-order valence-electron chi connectivity index (χ4n) is 2.32. The molecule has 0 aromatic heterocycles. The molecule has 18 heavy (non-hydrogen) atoms. The molecule has 1 aliphatic rings. The fraction of sp³-hybridized carbons (Fsp3) is 0.538. The Hall–Kier alpha value is -0.200. The van der Waals surface area contributed by atoms with Crippen molar-refractivity contribution in [2.75, 3.05) is 26.7 Å². The molecule has 1 saturated heterocycles. The highest BCUT2D eigenvalue weighted by Gasteiger charge is 2.22. The summed E-state index contributed by atoms with van der Waals surface area (Å²) in [6, 6.07) is 11.1. The number of nitrogens with one attached hydrogen (secondary N) is 1. The molecule has 1 heterocycles. The van der Waals surface area contributed by atoms with E-state index >= 15 is 0 Å². The lowest BCUT2D eigenvalue weighted by atomic mass is 10.1. The van der Waals surface area contributed by atoms with E-state index in [0.717, 1.165) is 19.6 Å². The number of rotatable bonds is 4. The number of likely N-dealkylation sites (tertiary alicyclic amines) is 1. The first-order valence-electron chi connectivity index (χ1n) is 5.99. The molecule has 5 heteroatoms. The second-order valence-corrected chi connectivity index (χ2v) is 4.55. The summed E-state index contributed by atoms with van der Waals surface area (Å²) < 4.78 is 0. The normalized spacial score (nSPS) is 20.9. The molecule has 1 aliphatic heterocycles. The highest BCUT2D eigenvalue weighted by Crippen LogP contribution is 2.15. The second kappa shape index (κ2) is 8.82. The van der Waals surface area contributed by atoms with Crippen molar-refractivity contribution in [1.29, 1.82) is 0 Å². The van der Waals surface area contributed by atoms with Crippen molar-refractivity contribution in [2.24, 2.45) is 5.73 Å². The Kier molecular flexibility index (Phi) is 8.73. The average molecular weight is 287 g/mol. The molecule has 2 rings (SSSR count). The van der Waals surface area contributed by atoms with Crippen LogP contribution in [0.25, 0.3) is 0 Å². The van der Waals surface area contributed by atoms with Crippen LogP contribution in [0.2, 0.25) is 0 Å². The van der Waals surface area contributed by atoms with Crippen molar-refractivity contribution in [1.82, 2.24) is 10.2 Å². The van der Waals surface area contributed by atoms with Crippen molar-refractivity contribution >= 4 is 27.0 Å². The maximum absolute atomic E-state index is 6.20. The van der Waals surface area contributed by atoms with Crippen LogP contribution in [0.3, 0.4) is 0 Å². The van der Waals surface area contributed by atoms with Gasteiger partial charge >= 0.3 is 0 Å². The van der Waals surface area contributed by atoms with Gasteiger partial charge in [0, 0.05) is 25.2 Å². The van der Waals surface area contributed by atoms with Gasteiger partial charge in [0.25, 0.3) is 0 Å². The predicted molar refractivity (Wildman–Crippen MR) is 88.0 cm³/mol. The minimum Gasteiger partial charge on any atom is -0.323 e. The van der Waals surface area contributed by atoms with Gasteiger partial charge in [-0.1, -0.05) is 30.3 Å². The highest BCUT2D eigenvalue weighted by molar-refractivity contribution is 7.59. The van der Waals surface area contributed by atoms with Crippen LogP contribution in [0, 0.1) is 0 Å². The first kappa shape index (κ1) is 17.8. The largest absolute Gasteiger partial charge is 0.323 e. The van der Waals surface area contributed by atoms with Crippen LogP contribution >= 0.6 is 27.0 Å². The Balaban J connectivity index is 0.00000144. The summed E-state index contributed by atoms with van der Waals surface area (Å²) in [5, 5.41) is 3.32. The van der Waals surface area contributed by atoms with E-state index in [1.165, 1.54) is 12.0 Å². The lowest BCUT2D eigenvalue weighted by Gasteiger charge is -2.21. The molecule has 3 nitrogen and oxygen atoms in total. The molecule has 3 N–H and O–H groups in total. The molecule has 0 spiro atoms. The molecule has 1 aromatic rings. The third-order valence-electron chi connectivity index (χ3n) is 3.36. The minimum absolute atomic E-state index is 0. The quantitative estimate of drug-likeness (QED) is 0.874. The summed E-state index contributed by atoms with van der Waals surface area (Å²) in [5.41, 5.74) is 7.43. The van der Waals surface area contributed by atoms with Crippen LogP contribution in [-0.2, 0) is 0 Å². The van der Waals surface area contributed by atoms with Crippen LogP contribution < -0.4 is 11.1 Å². The predicted octanol–water partition coefficient (Wildman–Crippen LogP) is 1.21. The van der Waals surface area contributed by atoms with Gasteiger partial charge in [-0.05, 0) is 25.6 Å². The van der Waals surface area contributed by atoms with Crippen molar-refractivity contribution in [3.05, 3.63) is 35.9 Å². The van der Waals surface area contributed by atoms with Gasteiger partial charge in [-0.3, -0.25) is 4.90 Å². The monoisotopic (exact) mass is 287 g/mol. The third kappa shape index (κ3) is 4.82. The second-order valence-electron chi connectivity index (χ2n) is 4.55. The molecule has 2 atom stereocenters. The van der Waals surface area contributed by atoms with Crippen LogP contribution in [-0.4, -0.2) is 37.6 Å². The highest BCUT2D eigenvalue weighted by atomic mass is 32.1. The molecular formula is C13H25N3S2. The summed E-state index contributed by atoms with van der Waals surface area (Å²) in [6.07, 6.45) is 1.23. The summed E-state index contributed by atoms with van der Waals surface area (Å²) in [5.74, 6) is 0. The molecule has 0 aliphatic carbocycles. The molecule has 0 saturated carbocycles. The van der Waals surface area contributed by atoms with Gasteiger partial charge in [-0.15, -0.1) is 0 Å². The van der Waals surface area contributed by atoms with Crippen molar-refractivity contribution in [2.45, 2.75) is 18.5 Å². The molecule has 1 fully saturated rings. The van der Waals surface area contributed by atoms with Crippen LogP contribution in [0.4, 0.5) is 0 Å². The van der Waals surface area contributed by atoms with E-state index in [9.17, 15) is 0 Å². The molecule has 0 bridgehead atoms. The smallest absolute Gasteiger partial charge is 0.0424 e. The molecular weight excluding hydrogens is 262 g/mol. The van der Waals surface area contributed by atoms with Crippen molar-refractivity contribution in [3.8, 4) is 0 Å². The van der Waals surface area contributed by atoms with Crippen LogP contribution in [0.5, 0.6) is 0 Å². The Labute approximate surface area is 124 Å². The first-order valence-corrected chi connectivity index (χ1v) is 5.99. The van der Waals surface area contributed by atoms with Gasteiger partial charge in [0.2, 0.25) is 0 Å². The first-order chi connectivity index (χ1) is 7.79. The summed E-state index contributed by atoms with van der Waals surface area (Å²) in [7, 11) is 2.03. The molecule has 0 radical (unpaired) electrons. The Morgan fingerprint density at radius 1 is 1.33 bits per heavy atom. The van der Waals surface area contributed by atoms with Gasteiger partial charge in [-0.25, -0.2) is 0 Å². The summed E-state index contributed by atoms with van der Waals surface area (Å²) in [6.45, 7) is 3.24. The van der Waals surface area contributed by atoms with Crippen molar-refractivity contribution in [3.63, 3.8) is 0 Å². The van der Waals surface area contributed by atoms with E-state index in [4.69, 9.17) is 5.73 Å². The maximum atomic E-state index is 6.20. The zero-order valence-corrected chi connectivity index (χ0v) is 12.9. The molecule has 0 unspecified atom stereocenters. The molecule has 104 valence electrons. The van der Waals surface area contributed by atoms with Crippen LogP contribution in [0.1, 0.15) is 18.0 Å². The van der Waals surface area contributed by atoms with Crippen LogP contribution in [0.15, 0.2) is 30.3 Å². The SMILES string of the molecule is CN[C@H]1CCN(C[C@@H](N)c2ccccc2)C1.S.S. The third-order valence-corrected chi connectivity index (χ3v) is 3.36. The number of nitrogens with zero attached hydrogens (tertiary/aromatic N) is 1. The van der Waals surface area contributed by atoms with Gasteiger partial charge in [-0.2, -0.15) is 27.0 Å². The zero-order chi connectivity index (χ0) is 11.4. The van der Waals surface area contributed by atoms with Crippen molar-refractivity contribution < 1.29 is 0 Å². The number of likely N-dealkylation sites (N-methyl/N-ethyl adjacent to an activating group) is 1. The lowest BCUT2D eigenvalue weighted by molar-refractivity contribution is 0.308. The zero-order valence-electron chi connectivity index (χ0n) is 10.9.